The van der Waals surface area contributed by atoms with Gasteiger partial charge in [0, 0.05) is 19.6 Å². The van der Waals surface area contributed by atoms with Crippen LogP contribution in [-0.2, 0) is 11.8 Å². The van der Waals surface area contributed by atoms with E-state index in [-0.39, 0.29) is 31.1 Å². The third-order valence-corrected chi connectivity index (χ3v) is 2.92. The topological polar surface area (TPSA) is 100 Å². The molecule has 0 saturated carbocycles. The molecule has 0 aromatic carbocycles. The van der Waals surface area contributed by atoms with Gasteiger partial charge in [-0.3, -0.25) is 4.79 Å². The summed E-state index contributed by atoms with van der Waals surface area (Å²) in [7, 11) is 1.79. The van der Waals surface area contributed by atoms with Crippen LogP contribution >= 0.6 is 0 Å². The van der Waals surface area contributed by atoms with E-state index in [9.17, 15) is 9.59 Å². The Hall–Kier alpha value is -2.12. The minimum atomic E-state index is -0.926. The number of nitrogens with one attached hydrogen (secondary N) is 1. The van der Waals surface area contributed by atoms with Crippen molar-refractivity contribution in [3.63, 3.8) is 0 Å². The van der Waals surface area contributed by atoms with Crippen molar-refractivity contribution in [1.29, 1.82) is 0 Å². The quantitative estimate of drug-likeness (QED) is 0.803. The molecule has 1 atom stereocenters. The Labute approximate surface area is 117 Å². The summed E-state index contributed by atoms with van der Waals surface area (Å²) >= 11 is 0. The Kier molecular flexibility index (Phi) is 5.48. The number of aliphatic carboxylic acids is 1. The fourth-order valence-corrected chi connectivity index (χ4v) is 1.83. The van der Waals surface area contributed by atoms with E-state index in [1.807, 2.05) is 13.8 Å². The largest absolute Gasteiger partial charge is 0.481 e. The second-order valence-electron chi connectivity index (χ2n) is 4.90. The van der Waals surface area contributed by atoms with Gasteiger partial charge >= 0.3 is 12.0 Å². The highest BCUT2D eigenvalue weighted by Gasteiger charge is 2.21. The summed E-state index contributed by atoms with van der Waals surface area (Å²) in [6.45, 7) is 5.66. The number of aryl methyl sites for hydroxylation is 1. The number of urea groups is 1. The minimum absolute atomic E-state index is 0.0794. The molecule has 112 valence electrons. The van der Waals surface area contributed by atoms with Crippen molar-refractivity contribution in [3.05, 3.63) is 12.2 Å². The molecule has 0 radical (unpaired) electrons. The monoisotopic (exact) mass is 283 g/mol. The number of hydrogen-bond donors (Lipinski definition) is 2. The van der Waals surface area contributed by atoms with Crippen LogP contribution in [0.15, 0.2) is 6.33 Å². The van der Waals surface area contributed by atoms with Crippen molar-refractivity contribution in [1.82, 2.24) is 25.0 Å². The summed E-state index contributed by atoms with van der Waals surface area (Å²) in [6.07, 6.45) is 1.48. The van der Waals surface area contributed by atoms with Crippen LogP contribution in [0.5, 0.6) is 0 Å². The van der Waals surface area contributed by atoms with Crippen molar-refractivity contribution >= 4 is 12.0 Å². The first kappa shape index (κ1) is 15.9. The maximum atomic E-state index is 12.2. The number of rotatable bonds is 6. The fourth-order valence-electron chi connectivity index (χ4n) is 1.83. The molecule has 8 nitrogen and oxygen atoms in total. The van der Waals surface area contributed by atoms with Crippen molar-refractivity contribution < 1.29 is 14.7 Å². The predicted molar refractivity (Wildman–Crippen MR) is 72.0 cm³/mol. The molecule has 0 aliphatic heterocycles. The molecular formula is C12H21N5O3. The van der Waals surface area contributed by atoms with Crippen LogP contribution in [0.3, 0.4) is 0 Å². The summed E-state index contributed by atoms with van der Waals surface area (Å²) in [5, 5.41) is 19.2. The highest BCUT2D eigenvalue weighted by atomic mass is 16.4. The van der Waals surface area contributed by atoms with Gasteiger partial charge in [-0.1, -0.05) is 0 Å². The molecule has 1 aromatic rings. The van der Waals surface area contributed by atoms with Gasteiger partial charge in [-0.25, -0.2) is 4.79 Å². The average molecular weight is 283 g/mol. The summed E-state index contributed by atoms with van der Waals surface area (Å²) in [5.74, 6) is -0.287. The van der Waals surface area contributed by atoms with Gasteiger partial charge in [0.15, 0.2) is 5.82 Å². The molecule has 0 bridgehead atoms. The van der Waals surface area contributed by atoms with Crippen LogP contribution < -0.4 is 5.32 Å². The summed E-state index contributed by atoms with van der Waals surface area (Å²) in [4.78, 5) is 24.3. The Bertz CT molecular complexity index is 471. The second kappa shape index (κ2) is 6.88. The van der Waals surface area contributed by atoms with Crippen LogP contribution in [0, 0.1) is 0 Å². The summed E-state index contributed by atoms with van der Waals surface area (Å²) in [6, 6.07) is -0.695. The molecule has 0 aliphatic rings. The van der Waals surface area contributed by atoms with Gasteiger partial charge in [-0.15, -0.1) is 10.2 Å². The molecule has 20 heavy (non-hydrogen) atoms. The number of carboxylic acids is 1. The number of carbonyl (C=O) groups excluding carboxylic acids is 1. The molecule has 2 amide bonds. The van der Waals surface area contributed by atoms with Gasteiger partial charge in [0.05, 0.1) is 12.5 Å². The molecule has 1 aromatic heterocycles. The Morgan fingerprint density at radius 1 is 1.45 bits per heavy atom. The lowest BCUT2D eigenvalue weighted by Crippen LogP contribution is -2.46. The first-order chi connectivity index (χ1) is 9.32. The maximum absolute atomic E-state index is 12.2. The van der Waals surface area contributed by atoms with Gasteiger partial charge in [-0.2, -0.15) is 0 Å². The fraction of sp³-hybridized carbons (Fsp3) is 0.667. The SMILES string of the molecule is CC(NC(=O)N(CCC(=O)O)C(C)C)c1nncn1C. The molecule has 0 saturated heterocycles. The van der Waals surface area contributed by atoms with E-state index in [1.54, 1.807) is 24.9 Å². The van der Waals surface area contributed by atoms with Crippen molar-refractivity contribution in [2.45, 2.75) is 39.3 Å². The first-order valence-electron chi connectivity index (χ1n) is 6.45. The highest BCUT2D eigenvalue weighted by molar-refractivity contribution is 5.76. The van der Waals surface area contributed by atoms with Crippen molar-refractivity contribution in [2.24, 2.45) is 7.05 Å². The molecular weight excluding hydrogens is 262 g/mol. The normalized spacial score (nSPS) is 12.2. The molecule has 1 heterocycles. The van der Waals surface area contributed by atoms with Gasteiger partial charge in [0.1, 0.15) is 6.33 Å². The number of amides is 2. The third kappa shape index (κ3) is 4.22. The predicted octanol–water partition coefficient (Wildman–Crippen LogP) is 0.771. The number of carboxylic acid groups (broad SMARTS) is 1. The van der Waals surface area contributed by atoms with Gasteiger partial charge < -0.3 is 19.9 Å². The molecule has 0 aliphatic carbocycles. The molecule has 0 spiro atoms. The average Bonchev–Trinajstić information content (AvgIpc) is 2.74. The van der Waals surface area contributed by atoms with E-state index in [4.69, 9.17) is 5.11 Å². The van der Waals surface area contributed by atoms with E-state index < -0.39 is 5.97 Å². The van der Waals surface area contributed by atoms with Crippen LogP contribution in [0.4, 0.5) is 4.79 Å². The molecule has 1 rings (SSSR count). The van der Waals surface area contributed by atoms with E-state index in [1.165, 1.54) is 4.90 Å². The minimum Gasteiger partial charge on any atom is -0.481 e. The lowest BCUT2D eigenvalue weighted by Gasteiger charge is -2.27. The van der Waals surface area contributed by atoms with Crippen molar-refractivity contribution in [2.75, 3.05) is 6.54 Å². The zero-order chi connectivity index (χ0) is 15.3. The number of carbonyl (C=O) groups is 2. The number of nitrogens with zero attached hydrogens (tertiary/aromatic N) is 4. The maximum Gasteiger partial charge on any atom is 0.318 e. The van der Waals surface area contributed by atoms with Crippen LogP contribution in [0.1, 0.15) is 39.1 Å². The third-order valence-electron chi connectivity index (χ3n) is 2.92. The second-order valence-corrected chi connectivity index (χ2v) is 4.90. The van der Waals surface area contributed by atoms with Gasteiger partial charge in [0.25, 0.3) is 0 Å². The van der Waals surface area contributed by atoms with E-state index in [0.29, 0.717) is 5.82 Å². The van der Waals surface area contributed by atoms with Crippen LogP contribution in [-0.4, -0.2) is 49.4 Å². The van der Waals surface area contributed by atoms with Gasteiger partial charge in [-0.05, 0) is 20.8 Å². The van der Waals surface area contributed by atoms with Crippen LogP contribution in [0.2, 0.25) is 0 Å². The lowest BCUT2D eigenvalue weighted by molar-refractivity contribution is -0.137. The Morgan fingerprint density at radius 2 is 2.10 bits per heavy atom. The van der Waals surface area contributed by atoms with E-state index >= 15 is 0 Å². The molecule has 1 unspecified atom stereocenters. The standard InChI is InChI=1S/C12H21N5O3/c1-8(2)17(6-5-10(18)19)12(20)14-9(3)11-15-13-7-16(11)4/h7-9H,5-6H2,1-4H3,(H,14,20)(H,18,19). The highest BCUT2D eigenvalue weighted by Crippen LogP contribution is 2.09. The van der Waals surface area contributed by atoms with E-state index in [0.717, 1.165) is 0 Å². The number of hydrogen-bond acceptors (Lipinski definition) is 4. The molecule has 8 heteroatoms. The zero-order valence-electron chi connectivity index (χ0n) is 12.2. The smallest absolute Gasteiger partial charge is 0.318 e. The van der Waals surface area contributed by atoms with Crippen LogP contribution in [0.25, 0.3) is 0 Å². The van der Waals surface area contributed by atoms with Crippen molar-refractivity contribution in [3.8, 4) is 0 Å². The lowest BCUT2D eigenvalue weighted by atomic mass is 10.3. The molecule has 2 N–H and O–H groups in total. The summed E-state index contributed by atoms with van der Waals surface area (Å²) < 4.78 is 1.72. The van der Waals surface area contributed by atoms with E-state index in [2.05, 4.69) is 15.5 Å². The molecule has 0 fully saturated rings. The Balaban J connectivity index is 2.66. The first-order valence-corrected chi connectivity index (χ1v) is 6.45. The Morgan fingerprint density at radius 3 is 2.55 bits per heavy atom. The van der Waals surface area contributed by atoms with Gasteiger partial charge in [0.2, 0.25) is 0 Å². The summed E-state index contributed by atoms with van der Waals surface area (Å²) in [5.41, 5.74) is 0. The number of aromatic nitrogens is 3. The zero-order valence-corrected chi connectivity index (χ0v) is 12.2.